The molecule has 4 nitrogen and oxygen atoms in total. The SMILES string of the molecule is Cc1ccc(-n2c(O)c3c(c2O)C(C)C2OC2C3)cc1. The molecule has 2 heterocycles. The van der Waals surface area contributed by atoms with Gasteiger partial charge in [0, 0.05) is 23.5 Å². The maximum Gasteiger partial charge on any atom is 0.202 e. The number of ether oxygens (including phenoxy) is 1. The van der Waals surface area contributed by atoms with Crippen LogP contribution in [0.15, 0.2) is 24.3 Å². The largest absolute Gasteiger partial charge is 0.494 e. The molecule has 0 bridgehead atoms. The van der Waals surface area contributed by atoms with Gasteiger partial charge in [-0.25, -0.2) is 0 Å². The number of hydrogen-bond acceptors (Lipinski definition) is 3. The van der Waals surface area contributed by atoms with Gasteiger partial charge >= 0.3 is 0 Å². The summed E-state index contributed by atoms with van der Waals surface area (Å²) in [5.41, 5.74) is 3.59. The molecule has 0 amide bonds. The molecule has 104 valence electrons. The van der Waals surface area contributed by atoms with E-state index in [1.807, 2.05) is 38.1 Å². The van der Waals surface area contributed by atoms with Gasteiger partial charge in [-0.1, -0.05) is 24.6 Å². The first kappa shape index (κ1) is 11.9. The Morgan fingerprint density at radius 3 is 2.55 bits per heavy atom. The van der Waals surface area contributed by atoms with Crippen LogP contribution in [0.5, 0.6) is 11.8 Å². The van der Waals surface area contributed by atoms with E-state index in [0.29, 0.717) is 6.42 Å². The van der Waals surface area contributed by atoms with E-state index in [2.05, 4.69) is 0 Å². The number of benzene rings is 1. The summed E-state index contributed by atoms with van der Waals surface area (Å²) in [6.45, 7) is 4.05. The Bertz CT molecular complexity index is 687. The molecule has 1 aromatic carbocycles. The van der Waals surface area contributed by atoms with Gasteiger partial charge in [-0.2, -0.15) is 0 Å². The highest BCUT2D eigenvalue weighted by Gasteiger charge is 2.51. The van der Waals surface area contributed by atoms with Crippen LogP contribution >= 0.6 is 0 Å². The van der Waals surface area contributed by atoms with E-state index in [9.17, 15) is 10.2 Å². The molecule has 2 N–H and O–H groups in total. The van der Waals surface area contributed by atoms with Crippen LogP contribution in [0.2, 0.25) is 0 Å². The van der Waals surface area contributed by atoms with E-state index in [1.54, 1.807) is 0 Å². The van der Waals surface area contributed by atoms with Gasteiger partial charge in [0.25, 0.3) is 0 Å². The summed E-state index contributed by atoms with van der Waals surface area (Å²) in [5.74, 6) is 0.409. The van der Waals surface area contributed by atoms with E-state index in [4.69, 9.17) is 4.74 Å². The fourth-order valence-corrected chi connectivity index (χ4v) is 3.36. The molecule has 4 heteroatoms. The Kier molecular flexibility index (Phi) is 2.25. The number of fused-ring (bicyclic) bond motifs is 2. The van der Waals surface area contributed by atoms with Crippen LogP contribution in [0, 0.1) is 6.92 Å². The van der Waals surface area contributed by atoms with Gasteiger partial charge < -0.3 is 14.9 Å². The van der Waals surface area contributed by atoms with E-state index < -0.39 is 0 Å². The maximum atomic E-state index is 10.5. The maximum absolute atomic E-state index is 10.5. The lowest BCUT2D eigenvalue weighted by Gasteiger charge is -2.14. The number of aromatic nitrogens is 1. The van der Waals surface area contributed by atoms with Crippen molar-refractivity contribution >= 4 is 0 Å². The van der Waals surface area contributed by atoms with Crippen LogP contribution < -0.4 is 0 Å². The molecular weight excluding hydrogens is 254 g/mol. The van der Waals surface area contributed by atoms with Gasteiger partial charge in [-0.3, -0.25) is 4.57 Å². The average molecular weight is 271 g/mol. The second kappa shape index (κ2) is 3.79. The minimum absolute atomic E-state index is 0.126. The van der Waals surface area contributed by atoms with E-state index >= 15 is 0 Å². The first-order valence-electron chi connectivity index (χ1n) is 6.96. The van der Waals surface area contributed by atoms with Crippen LogP contribution in [-0.4, -0.2) is 27.0 Å². The minimum Gasteiger partial charge on any atom is -0.494 e. The summed E-state index contributed by atoms with van der Waals surface area (Å²) >= 11 is 0. The second-order valence-corrected chi connectivity index (χ2v) is 5.84. The normalized spacial score (nSPS) is 27.0. The van der Waals surface area contributed by atoms with E-state index in [-0.39, 0.29) is 29.9 Å². The molecule has 0 radical (unpaired) electrons. The Morgan fingerprint density at radius 1 is 1.15 bits per heavy atom. The van der Waals surface area contributed by atoms with E-state index in [0.717, 1.165) is 22.4 Å². The first-order chi connectivity index (χ1) is 9.58. The summed E-state index contributed by atoms with van der Waals surface area (Å²) in [4.78, 5) is 0. The van der Waals surface area contributed by atoms with Gasteiger partial charge in [0.2, 0.25) is 11.8 Å². The molecule has 4 rings (SSSR count). The van der Waals surface area contributed by atoms with Crippen LogP contribution in [0.1, 0.15) is 29.5 Å². The van der Waals surface area contributed by atoms with Crippen molar-refractivity contribution < 1.29 is 14.9 Å². The number of aromatic hydroxyl groups is 2. The predicted octanol–water partition coefficient (Wildman–Crippen LogP) is 2.62. The van der Waals surface area contributed by atoms with Crippen molar-refractivity contribution in [3.05, 3.63) is 41.0 Å². The zero-order chi connectivity index (χ0) is 14.0. The first-order valence-corrected chi connectivity index (χ1v) is 6.96. The number of rotatable bonds is 1. The lowest BCUT2D eigenvalue weighted by molar-refractivity contribution is 0.351. The third-order valence-corrected chi connectivity index (χ3v) is 4.53. The third-order valence-electron chi connectivity index (χ3n) is 4.53. The number of epoxide rings is 1. The highest BCUT2D eigenvalue weighted by Crippen LogP contribution is 2.52. The molecule has 1 aliphatic heterocycles. The van der Waals surface area contributed by atoms with Gasteiger partial charge in [-0.05, 0) is 19.1 Å². The second-order valence-electron chi connectivity index (χ2n) is 5.84. The summed E-state index contributed by atoms with van der Waals surface area (Å²) < 4.78 is 7.10. The van der Waals surface area contributed by atoms with Crippen LogP contribution in [0.3, 0.4) is 0 Å². The molecule has 3 atom stereocenters. The number of nitrogens with zero attached hydrogens (tertiary/aromatic N) is 1. The molecule has 0 spiro atoms. The fourth-order valence-electron chi connectivity index (χ4n) is 3.36. The Morgan fingerprint density at radius 2 is 1.85 bits per heavy atom. The Hall–Kier alpha value is -1.94. The lowest BCUT2D eigenvalue weighted by Crippen LogP contribution is -2.14. The van der Waals surface area contributed by atoms with Crippen LogP contribution in [-0.2, 0) is 11.2 Å². The lowest BCUT2D eigenvalue weighted by atomic mass is 9.86. The van der Waals surface area contributed by atoms with Crippen molar-refractivity contribution in [3.63, 3.8) is 0 Å². The summed E-state index contributed by atoms with van der Waals surface area (Å²) in [6, 6.07) is 7.75. The molecular formula is C16H17NO3. The van der Waals surface area contributed by atoms with Crippen molar-refractivity contribution in [1.29, 1.82) is 0 Å². The molecule has 0 saturated carbocycles. The highest BCUT2D eigenvalue weighted by atomic mass is 16.6. The zero-order valence-electron chi connectivity index (χ0n) is 11.5. The third kappa shape index (κ3) is 1.45. The topological polar surface area (TPSA) is 57.9 Å². The van der Waals surface area contributed by atoms with E-state index in [1.165, 1.54) is 4.57 Å². The Labute approximate surface area is 117 Å². The molecule has 3 unspecified atom stereocenters. The van der Waals surface area contributed by atoms with Crippen molar-refractivity contribution in [1.82, 2.24) is 4.57 Å². The van der Waals surface area contributed by atoms with Crippen molar-refractivity contribution in [2.24, 2.45) is 0 Å². The molecule has 1 aromatic heterocycles. The predicted molar refractivity (Wildman–Crippen MR) is 74.6 cm³/mol. The number of aryl methyl sites for hydroxylation is 1. The molecule has 1 saturated heterocycles. The Balaban J connectivity index is 1.90. The smallest absolute Gasteiger partial charge is 0.202 e. The number of hydrogen-bond donors (Lipinski definition) is 2. The van der Waals surface area contributed by atoms with Gasteiger partial charge in [0.15, 0.2) is 0 Å². The van der Waals surface area contributed by atoms with Gasteiger partial charge in [0.1, 0.15) is 0 Å². The molecule has 1 aliphatic carbocycles. The molecule has 2 aliphatic rings. The monoisotopic (exact) mass is 271 g/mol. The van der Waals surface area contributed by atoms with Gasteiger partial charge in [-0.15, -0.1) is 0 Å². The molecule has 20 heavy (non-hydrogen) atoms. The van der Waals surface area contributed by atoms with Crippen LogP contribution in [0.25, 0.3) is 5.69 Å². The standard InChI is InChI=1S/C16H17NO3/c1-8-3-5-10(6-4-8)17-15(18)11-7-12-14(20-12)9(2)13(11)16(17)19/h3-6,9,12,14,18-19H,7H2,1-2H3. The zero-order valence-corrected chi connectivity index (χ0v) is 11.5. The average Bonchev–Trinajstić information content (AvgIpc) is 3.15. The highest BCUT2D eigenvalue weighted by molar-refractivity contribution is 5.56. The van der Waals surface area contributed by atoms with Crippen molar-refractivity contribution in [3.8, 4) is 17.4 Å². The van der Waals surface area contributed by atoms with Crippen LogP contribution in [0.4, 0.5) is 0 Å². The van der Waals surface area contributed by atoms with Crippen molar-refractivity contribution in [2.45, 2.75) is 38.4 Å². The summed E-state index contributed by atoms with van der Waals surface area (Å²) in [6.07, 6.45) is 1.08. The van der Waals surface area contributed by atoms with Gasteiger partial charge in [0.05, 0.1) is 17.9 Å². The molecule has 1 fully saturated rings. The van der Waals surface area contributed by atoms with Crippen molar-refractivity contribution in [2.75, 3.05) is 0 Å². The minimum atomic E-state index is 0.126. The summed E-state index contributed by atoms with van der Waals surface area (Å²) in [7, 11) is 0. The fraction of sp³-hybridized carbons (Fsp3) is 0.375. The summed E-state index contributed by atoms with van der Waals surface area (Å²) in [5, 5.41) is 21.0. The quantitative estimate of drug-likeness (QED) is 0.784. The molecule has 2 aromatic rings.